The van der Waals surface area contributed by atoms with Gasteiger partial charge in [-0.3, -0.25) is 9.69 Å². The number of halogens is 2. The van der Waals surface area contributed by atoms with Gasteiger partial charge in [0.15, 0.2) is 11.5 Å². The molecule has 2 aromatic carbocycles. The second-order valence-corrected chi connectivity index (χ2v) is 10.6. The first-order valence-corrected chi connectivity index (χ1v) is 13.9. The van der Waals surface area contributed by atoms with Gasteiger partial charge >= 0.3 is 0 Å². The molecule has 0 bridgehead atoms. The molecule has 1 fully saturated rings. The van der Waals surface area contributed by atoms with Crippen molar-refractivity contribution in [2.75, 3.05) is 31.3 Å². The van der Waals surface area contributed by atoms with Crippen molar-refractivity contribution in [3.63, 3.8) is 0 Å². The summed E-state index contributed by atoms with van der Waals surface area (Å²) in [5.41, 5.74) is 2.83. The maximum atomic E-state index is 14.8. The molecule has 3 aromatic heterocycles. The van der Waals surface area contributed by atoms with E-state index in [1.54, 1.807) is 48.2 Å². The van der Waals surface area contributed by atoms with Crippen LogP contribution in [0.3, 0.4) is 0 Å². The first kappa shape index (κ1) is 28.3. The second kappa shape index (κ2) is 11.8. The van der Waals surface area contributed by atoms with Crippen LogP contribution in [0.1, 0.15) is 18.4 Å². The minimum atomic E-state index is -0.871. The van der Waals surface area contributed by atoms with Crippen molar-refractivity contribution >= 4 is 51.3 Å². The molecule has 5 aromatic rings. The van der Waals surface area contributed by atoms with Crippen molar-refractivity contribution in [3.8, 4) is 17.2 Å². The van der Waals surface area contributed by atoms with Crippen LogP contribution in [-0.2, 0) is 4.79 Å². The number of hydrogen-bond donors (Lipinski definition) is 2. The number of pyridine rings is 1. The van der Waals surface area contributed by atoms with Crippen LogP contribution in [0.4, 0.5) is 21.6 Å². The van der Waals surface area contributed by atoms with Crippen LogP contribution in [0, 0.1) is 6.92 Å². The fourth-order valence-electron chi connectivity index (χ4n) is 5.04. The van der Waals surface area contributed by atoms with Crippen molar-refractivity contribution in [1.29, 1.82) is 0 Å². The molecule has 1 unspecified atom stereocenters. The molecule has 6 rings (SSSR count). The number of fused-ring (bicyclic) bond motifs is 2. The zero-order chi connectivity index (χ0) is 30.1. The van der Waals surface area contributed by atoms with Crippen LogP contribution in [0.25, 0.3) is 16.6 Å². The topological polar surface area (TPSA) is 119 Å². The predicted octanol–water partition coefficient (Wildman–Crippen LogP) is 6.06. The maximum Gasteiger partial charge on any atom is 0.284 e. The number of likely N-dealkylation sites (N-methyl/N-ethyl adjacent to an activating group) is 1. The summed E-state index contributed by atoms with van der Waals surface area (Å²) >= 11 is 6.76. The van der Waals surface area contributed by atoms with Crippen LogP contribution < -0.4 is 20.1 Å². The molecule has 1 amide bonds. The minimum absolute atomic E-state index is 0.116. The summed E-state index contributed by atoms with van der Waals surface area (Å²) in [6.45, 7) is 2.77. The molecule has 4 heterocycles. The maximum absolute atomic E-state index is 14.8. The number of rotatable bonds is 8. The zero-order valence-electron chi connectivity index (χ0n) is 23.6. The summed E-state index contributed by atoms with van der Waals surface area (Å²) in [4.78, 5) is 27.6. The number of ether oxygens (including phenoxy) is 2. The number of carbonyl (C=O) groups excluding carboxylic acids is 1. The highest BCUT2D eigenvalue weighted by Gasteiger charge is 2.22. The fraction of sp³-hybridized carbons (Fsp3) is 0.233. The highest BCUT2D eigenvalue weighted by Crippen LogP contribution is 2.40. The largest absolute Gasteiger partial charge is 0.494 e. The zero-order valence-corrected chi connectivity index (χ0v) is 24.4. The van der Waals surface area contributed by atoms with Gasteiger partial charge in [-0.05, 0) is 69.3 Å². The Labute approximate surface area is 251 Å². The third-order valence-corrected chi connectivity index (χ3v) is 7.74. The van der Waals surface area contributed by atoms with Gasteiger partial charge in [0.25, 0.3) is 5.91 Å². The summed E-state index contributed by atoms with van der Waals surface area (Å²) < 4.78 is 28.2. The van der Waals surface area contributed by atoms with Crippen molar-refractivity contribution in [2.24, 2.45) is 0 Å². The number of carbonyl (C=O) groups is 1. The second-order valence-electron chi connectivity index (χ2n) is 10.2. The third-order valence-electron chi connectivity index (χ3n) is 7.35. The summed E-state index contributed by atoms with van der Waals surface area (Å²) in [6.07, 6.45) is 7.74. The highest BCUT2D eigenvalue weighted by molar-refractivity contribution is 6.39. The number of methoxy groups -OCH3 is 1. The Bertz CT molecular complexity index is 1880. The van der Waals surface area contributed by atoms with Crippen LogP contribution >= 0.6 is 11.6 Å². The van der Waals surface area contributed by atoms with E-state index in [0.717, 1.165) is 24.9 Å². The molecule has 0 aliphatic carbocycles. The molecule has 1 saturated heterocycles. The first-order chi connectivity index (χ1) is 20.8. The summed E-state index contributed by atoms with van der Waals surface area (Å²) in [5, 5.41) is 10.6. The lowest BCUT2D eigenvalue weighted by Gasteiger charge is -2.17. The number of nitrogens with one attached hydrogen (secondary N) is 2. The Morgan fingerprint density at radius 1 is 1.12 bits per heavy atom. The van der Waals surface area contributed by atoms with Crippen LogP contribution in [0.5, 0.6) is 17.2 Å². The average Bonchev–Trinajstić information content (AvgIpc) is 3.64. The molecule has 13 heteroatoms. The lowest BCUT2D eigenvalue weighted by atomic mass is 10.1. The van der Waals surface area contributed by atoms with Crippen LogP contribution in [-0.4, -0.2) is 62.1 Å². The van der Waals surface area contributed by atoms with E-state index in [1.165, 1.54) is 18.7 Å². The predicted molar refractivity (Wildman–Crippen MR) is 162 cm³/mol. The minimum Gasteiger partial charge on any atom is -0.494 e. The Balaban J connectivity index is 1.27. The first-order valence-electron chi connectivity index (χ1n) is 13.6. The van der Waals surface area contributed by atoms with E-state index < -0.39 is 11.7 Å². The van der Waals surface area contributed by atoms with Gasteiger partial charge < -0.3 is 20.1 Å². The molecule has 2 N–H and O–H groups in total. The fourth-order valence-corrected chi connectivity index (χ4v) is 5.33. The number of likely N-dealkylation sites (tertiary alicyclic amines) is 1. The molecular formula is C30H28ClFN8O3. The lowest BCUT2D eigenvalue weighted by Crippen LogP contribution is -2.24. The monoisotopic (exact) mass is 602 g/mol. The van der Waals surface area contributed by atoms with Crippen LogP contribution in [0.15, 0.2) is 67.2 Å². The van der Waals surface area contributed by atoms with E-state index >= 15 is 0 Å². The third kappa shape index (κ3) is 5.79. The molecule has 0 saturated carbocycles. The van der Waals surface area contributed by atoms with Crippen molar-refractivity contribution < 1.29 is 18.7 Å². The van der Waals surface area contributed by atoms with Gasteiger partial charge in [-0.1, -0.05) is 11.6 Å². The molecule has 1 aliphatic rings. The van der Waals surface area contributed by atoms with E-state index in [2.05, 4.69) is 30.7 Å². The Hall–Kier alpha value is -4.81. The molecule has 1 aliphatic heterocycles. The normalized spacial score (nSPS) is 15.7. The van der Waals surface area contributed by atoms with Gasteiger partial charge in [0.05, 0.1) is 34.4 Å². The van der Waals surface area contributed by atoms with E-state index in [0.29, 0.717) is 45.3 Å². The number of hydrogen-bond acceptors (Lipinski definition) is 9. The number of nitrogens with zero attached hydrogens (tertiary/aromatic N) is 6. The van der Waals surface area contributed by atoms with Gasteiger partial charge in [-0.2, -0.15) is 5.10 Å². The van der Waals surface area contributed by atoms with Crippen LogP contribution in [0.2, 0.25) is 5.02 Å². The van der Waals surface area contributed by atoms with Crippen molar-refractivity contribution in [1.82, 2.24) is 29.5 Å². The van der Waals surface area contributed by atoms with Gasteiger partial charge in [-0.25, -0.2) is 23.9 Å². The molecule has 11 nitrogen and oxygen atoms in total. The molecule has 1 atom stereocenters. The van der Waals surface area contributed by atoms with Crippen molar-refractivity contribution in [2.45, 2.75) is 25.8 Å². The highest BCUT2D eigenvalue weighted by atomic mass is 35.5. The number of aromatic nitrogens is 5. The quantitative estimate of drug-likeness (QED) is 0.204. The van der Waals surface area contributed by atoms with E-state index in [9.17, 15) is 9.18 Å². The van der Waals surface area contributed by atoms with E-state index in [-0.39, 0.29) is 16.8 Å². The van der Waals surface area contributed by atoms with Gasteiger partial charge in [0, 0.05) is 24.4 Å². The number of benzene rings is 2. The Kier molecular flexibility index (Phi) is 7.78. The lowest BCUT2D eigenvalue weighted by molar-refractivity contribution is -0.114. The Morgan fingerprint density at radius 3 is 2.77 bits per heavy atom. The SMILES string of the molecule is COc1cc(Oc2ccn3ncnc3c2)c(C)cc1Nc1ncnc2ccc(NC(=O)/C(F)=C\C3CCCN3C)c(Cl)c12. The standard InChI is InChI=1S/C30H28ClFN8O3/c1-17-11-23(25(42-3)14-24(17)43-19-8-10-40-26(13-19)34-16-36-40)37-29-27-21(33-15-35-29)6-7-22(28(27)31)38-30(41)20(32)12-18-5-4-9-39(18)2/h6-8,10-16,18H,4-5,9H2,1-3H3,(H,38,41)(H,33,35,37)/b20-12+. The van der Waals surface area contributed by atoms with Gasteiger partial charge in [0.2, 0.25) is 0 Å². The van der Waals surface area contributed by atoms with E-state index in [4.69, 9.17) is 21.1 Å². The van der Waals surface area contributed by atoms with Gasteiger partial charge in [0.1, 0.15) is 35.7 Å². The molecule has 220 valence electrons. The number of anilines is 3. The molecule has 0 radical (unpaired) electrons. The summed E-state index contributed by atoms with van der Waals surface area (Å²) in [5.74, 6) is 0.307. The van der Waals surface area contributed by atoms with Gasteiger partial charge in [-0.15, -0.1) is 0 Å². The summed E-state index contributed by atoms with van der Waals surface area (Å²) in [6, 6.07) is 10.3. The van der Waals surface area contributed by atoms with E-state index in [1.807, 2.05) is 24.9 Å². The molecule has 43 heavy (non-hydrogen) atoms. The average molecular weight is 603 g/mol. The Morgan fingerprint density at radius 2 is 1.98 bits per heavy atom. The number of amides is 1. The molecular weight excluding hydrogens is 575 g/mol. The molecule has 0 spiro atoms. The number of aryl methyl sites for hydroxylation is 1. The smallest absolute Gasteiger partial charge is 0.284 e. The summed E-state index contributed by atoms with van der Waals surface area (Å²) in [7, 11) is 3.46. The van der Waals surface area contributed by atoms with Crippen molar-refractivity contribution in [3.05, 3.63) is 77.7 Å².